The number of aromatic amines is 2. The summed E-state index contributed by atoms with van der Waals surface area (Å²) in [5.74, 6) is 0.700. The van der Waals surface area contributed by atoms with E-state index in [4.69, 9.17) is 0 Å². The zero-order chi connectivity index (χ0) is 13.9. The number of nitrogens with one attached hydrogen (secondary N) is 3. The van der Waals surface area contributed by atoms with Crippen molar-refractivity contribution in [3.05, 3.63) is 34.2 Å². The zero-order valence-corrected chi connectivity index (χ0v) is 12.0. The van der Waals surface area contributed by atoms with E-state index in [1.54, 1.807) is 0 Å². The molecule has 1 unspecified atom stereocenters. The van der Waals surface area contributed by atoms with Gasteiger partial charge in [-0.1, -0.05) is 31.7 Å². The quantitative estimate of drug-likeness (QED) is 0.753. The summed E-state index contributed by atoms with van der Waals surface area (Å²) in [5.41, 5.74) is 2.94. The van der Waals surface area contributed by atoms with E-state index in [9.17, 15) is 4.79 Å². The van der Waals surface area contributed by atoms with E-state index in [-0.39, 0.29) is 5.69 Å². The van der Waals surface area contributed by atoms with Crippen molar-refractivity contribution in [1.29, 1.82) is 0 Å². The van der Waals surface area contributed by atoms with Crippen LogP contribution in [0, 0.1) is 5.92 Å². The molecule has 0 aliphatic heterocycles. The first kappa shape index (κ1) is 13.4. The van der Waals surface area contributed by atoms with Crippen molar-refractivity contribution >= 4 is 11.0 Å². The molecule has 1 saturated carbocycles. The van der Waals surface area contributed by atoms with E-state index in [0.29, 0.717) is 12.0 Å². The van der Waals surface area contributed by atoms with Gasteiger partial charge < -0.3 is 15.3 Å². The fraction of sp³-hybridized carbons (Fsp3) is 0.562. The number of aromatic nitrogens is 2. The Hall–Kier alpha value is -1.55. The van der Waals surface area contributed by atoms with Crippen LogP contribution < -0.4 is 11.0 Å². The van der Waals surface area contributed by atoms with Crippen LogP contribution in [0.5, 0.6) is 0 Å². The molecule has 3 rings (SSSR count). The number of hydrogen-bond acceptors (Lipinski definition) is 2. The Morgan fingerprint density at radius 1 is 1.10 bits per heavy atom. The Labute approximate surface area is 119 Å². The smallest absolute Gasteiger partial charge is 0.313 e. The molecule has 1 aliphatic rings. The minimum atomic E-state index is -0.132. The molecule has 4 heteroatoms. The summed E-state index contributed by atoms with van der Waals surface area (Å²) in [5, 5.41) is 3.49. The summed E-state index contributed by atoms with van der Waals surface area (Å²) in [6, 6.07) is 6.64. The number of imidazole rings is 1. The highest BCUT2D eigenvalue weighted by Gasteiger charge is 2.23. The first-order chi connectivity index (χ1) is 9.78. The Balaban J connectivity index is 1.90. The van der Waals surface area contributed by atoms with E-state index in [2.05, 4.69) is 27.4 Å². The maximum Gasteiger partial charge on any atom is 0.323 e. The van der Waals surface area contributed by atoms with Crippen LogP contribution in [-0.2, 0) is 0 Å². The molecule has 0 bridgehead atoms. The summed E-state index contributed by atoms with van der Waals surface area (Å²) in [6.45, 7) is 0. The lowest BCUT2D eigenvalue weighted by molar-refractivity contribution is 0.342. The topological polar surface area (TPSA) is 60.7 Å². The lowest BCUT2D eigenvalue weighted by Crippen LogP contribution is -2.25. The molecular formula is C16H23N3O. The number of H-pyrrole nitrogens is 2. The molecule has 1 atom stereocenters. The maximum atomic E-state index is 11.4. The lowest BCUT2D eigenvalue weighted by atomic mass is 9.87. The molecule has 1 aromatic carbocycles. The Morgan fingerprint density at radius 3 is 2.50 bits per heavy atom. The fourth-order valence-corrected chi connectivity index (χ4v) is 3.56. The molecule has 0 radical (unpaired) electrons. The van der Waals surface area contributed by atoms with Gasteiger partial charge in [0.2, 0.25) is 0 Å². The van der Waals surface area contributed by atoms with Gasteiger partial charge in [-0.2, -0.15) is 0 Å². The molecule has 4 nitrogen and oxygen atoms in total. The van der Waals surface area contributed by atoms with Crippen molar-refractivity contribution < 1.29 is 0 Å². The molecule has 0 saturated heterocycles. The Kier molecular flexibility index (Phi) is 3.92. The van der Waals surface area contributed by atoms with Gasteiger partial charge in [-0.25, -0.2) is 4.79 Å². The summed E-state index contributed by atoms with van der Waals surface area (Å²) < 4.78 is 0. The van der Waals surface area contributed by atoms with E-state index in [0.717, 1.165) is 11.0 Å². The standard InChI is InChI=1S/C16H23N3O/c1-17-15(11-6-4-2-3-5-7-11)12-8-9-13-14(10-12)19-16(20)18-13/h8-11,15,17H,2-7H2,1H3,(H2,18,19,20). The maximum absolute atomic E-state index is 11.4. The van der Waals surface area contributed by atoms with E-state index < -0.39 is 0 Å². The van der Waals surface area contributed by atoms with Crippen molar-refractivity contribution in [2.45, 2.75) is 44.6 Å². The molecule has 0 spiro atoms. The normalized spacial score (nSPS) is 19.1. The molecule has 2 aromatic rings. The van der Waals surface area contributed by atoms with Crippen molar-refractivity contribution in [2.75, 3.05) is 7.05 Å². The first-order valence-corrected chi connectivity index (χ1v) is 7.67. The monoisotopic (exact) mass is 273 g/mol. The van der Waals surface area contributed by atoms with E-state index >= 15 is 0 Å². The van der Waals surface area contributed by atoms with Crippen LogP contribution in [0.25, 0.3) is 11.0 Å². The second-order valence-electron chi connectivity index (χ2n) is 5.90. The molecule has 108 valence electrons. The van der Waals surface area contributed by atoms with Gasteiger partial charge in [-0.05, 0) is 43.5 Å². The average molecular weight is 273 g/mol. The molecule has 1 aliphatic carbocycles. The number of fused-ring (bicyclic) bond motifs is 1. The summed E-state index contributed by atoms with van der Waals surface area (Å²) >= 11 is 0. The highest BCUT2D eigenvalue weighted by molar-refractivity contribution is 5.75. The first-order valence-electron chi connectivity index (χ1n) is 7.67. The minimum Gasteiger partial charge on any atom is -0.313 e. The van der Waals surface area contributed by atoms with Crippen LogP contribution >= 0.6 is 0 Å². The summed E-state index contributed by atoms with van der Waals surface area (Å²) in [7, 11) is 2.04. The molecular weight excluding hydrogens is 250 g/mol. The van der Waals surface area contributed by atoms with Gasteiger partial charge in [-0.3, -0.25) is 0 Å². The molecule has 1 aromatic heterocycles. The second kappa shape index (κ2) is 5.83. The summed E-state index contributed by atoms with van der Waals surface area (Å²) in [6.07, 6.45) is 8.02. The van der Waals surface area contributed by atoms with Crippen molar-refractivity contribution in [3.63, 3.8) is 0 Å². The van der Waals surface area contributed by atoms with Crippen molar-refractivity contribution in [1.82, 2.24) is 15.3 Å². The molecule has 3 N–H and O–H groups in total. The summed E-state index contributed by atoms with van der Waals surface area (Å²) in [4.78, 5) is 17.0. The van der Waals surface area contributed by atoms with Crippen LogP contribution in [0.3, 0.4) is 0 Å². The van der Waals surface area contributed by atoms with Gasteiger partial charge in [0.15, 0.2) is 0 Å². The van der Waals surface area contributed by atoms with E-state index in [1.807, 2.05) is 13.1 Å². The SMILES string of the molecule is CNC(c1ccc2[nH]c(=O)[nH]c2c1)C1CCCCCC1. The van der Waals surface area contributed by atoms with Gasteiger partial charge in [0, 0.05) is 6.04 Å². The second-order valence-corrected chi connectivity index (χ2v) is 5.90. The van der Waals surface area contributed by atoms with Crippen LogP contribution in [0.4, 0.5) is 0 Å². The van der Waals surface area contributed by atoms with Crippen LogP contribution in [0.1, 0.15) is 50.1 Å². The minimum absolute atomic E-state index is 0.132. The van der Waals surface area contributed by atoms with Crippen LogP contribution in [0.2, 0.25) is 0 Å². The van der Waals surface area contributed by atoms with Gasteiger partial charge in [0.25, 0.3) is 0 Å². The van der Waals surface area contributed by atoms with Gasteiger partial charge >= 0.3 is 5.69 Å². The molecule has 1 heterocycles. The molecule has 1 fully saturated rings. The van der Waals surface area contributed by atoms with Crippen molar-refractivity contribution in [3.8, 4) is 0 Å². The van der Waals surface area contributed by atoms with Crippen LogP contribution in [-0.4, -0.2) is 17.0 Å². The van der Waals surface area contributed by atoms with Gasteiger partial charge in [0.05, 0.1) is 11.0 Å². The van der Waals surface area contributed by atoms with Gasteiger partial charge in [0.1, 0.15) is 0 Å². The Morgan fingerprint density at radius 2 is 1.80 bits per heavy atom. The van der Waals surface area contributed by atoms with Crippen LogP contribution in [0.15, 0.2) is 23.0 Å². The molecule has 0 amide bonds. The zero-order valence-electron chi connectivity index (χ0n) is 12.0. The van der Waals surface area contributed by atoms with Crippen molar-refractivity contribution in [2.24, 2.45) is 5.92 Å². The lowest BCUT2D eigenvalue weighted by Gasteiger charge is -2.26. The largest absolute Gasteiger partial charge is 0.323 e. The third-order valence-corrected chi connectivity index (χ3v) is 4.58. The highest BCUT2D eigenvalue weighted by Crippen LogP contribution is 2.33. The average Bonchev–Trinajstić information content (AvgIpc) is 2.63. The number of benzene rings is 1. The highest BCUT2D eigenvalue weighted by atomic mass is 16.1. The Bertz CT molecular complexity index is 620. The third kappa shape index (κ3) is 2.66. The fourth-order valence-electron chi connectivity index (χ4n) is 3.56. The number of hydrogen-bond donors (Lipinski definition) is 3. The molecule has 20 heavy (non-hydrogen) atoms. The van der Waals surface area contributed by atoms with E-state index in [1.165, 1.54) is 44.1 Å². The third-order valence-electron chi connectivity index (χ3n) is 4.58. The predicted molar refractivity (Wildman–Crippen MR) is 81.9 cm³/mol. The predicted octanol–water partition coefficient (Wildman–Crippen LogP) is 3.09. The number of rotatable bonds is 3. The van der Waals surface area contributed by atoms with Gasteiger partial charge in [-0.15, -0.1) is 0 Å².